The first-order valence-electron chi connectivity index (χ1n) is 14.5. The van der Waals surface area contributed by atoms with Crippen LogP contribution < -0.4 is 15.4 Å². The molecule has 1 aliphatic heterocycles. The molecule has 4 aromatic rings. The van der Waals surface area contributed by atoms with E-state index in [0.29, 0.717) is 11.8 Å². The number of pyridine rings is 1. The average Bonchev–Trinajstić information content (AvgIpc) is 3.65. The van der Waals surface area contributed by atoms with Crippen LogP contribution in [0.1, 0.15) is 58.7 Å². The Hall–Kier alpha value is -4.75. The highest BCUT2D eigenvalue weighted by molar-refractivity contribution is 5.87. The highest BCUT2D eigenvalue weighted by Gasteiger charge is 2.49. The van der Waals surface area contributed by atoms with E-state index in [9.17, 15) is 26.7 Å². The van der Waals surface area contributed by atoms with Gasteiger partial charge >= 0.3 is 12.1 Å². The minimum absolute atomic E-state index is 0.102. The molecule has 3 heterocycles. The smallest absolute Gasteiger partial charge is 0.422 e. The van der Waals surface area contributed by atoms with Crippen LogP contribution in [0, 0.1) is 12.8 Å². The van der Waals surface area contributed by atoms with Gasteiger partial charge in [0, 0.05) is 25.1 Å². The van der Waals surface area contributed by atoms with Crippen molar-refractivity contribution in [1.29, 1.82) is 0 Å². The molecule has 2 fully saturated rings. The van der Waals surface area contributed by atoms with Gasteiger partial charge in [0.05, 0.1) is 30.4 Å². The second-order valence-corrected chi connectivity index (χ2v) is 12.0. The van der Waals surface area contributed by atoms with Gasteiger partial charge in [-0.1, -0.05) is 41.6 Å². The molecule has 3 aliphatic rings. The predicted molar refractivity (Wildman–Crippen MR) is 157 cm³/mol. The fourth-order valence-corrected chi connectivity index (χ4v) is 6.12. The summed E-state index contributed by atoms with van der Waals surface area (Å²) in [4.78, 5) is 19.9. The Morgan fingerprint density at radius 3 is 2.48 bits per heavy atom. The second kappa shape index (κ2) is 11.2. The Morgan fingerprint density at radius 2 is 1.87 bits per heavy atom. The number of nitrogens with zero attached hydrogens (tertiary/aromatic N) is 4. The van der Waals surface area contributed by atoms with Gasteiger partial charge in [-0.25, -0.2) is 18.6 Å². The number of aryl methyl sites for hydroxylation is 1. The highest BCUT2D eigenvalue weighted by Crippen LogP contribution is 2.53. The van der Waals surface area contributed by atoms with Crippen LogP contribution in [-0.2, 0) is 11.8 Å². The van der Waals surface area contributed by atoms with Gasteiger partial charge in [0.1, 0.15) is 5.75 Å². The van der Waals surface area contributed by atoms with Crippen molar-refractivity contribution in [2.45, 2.75) is 50.6 Å². The van der Waals surface area contributed by atoms with Crippen LogP contribution in [0.2, 0.25) is 0 Å². The van der Waals surface area contributed by atoms with E-state index in [1.54, 1.807) is 0 Å². The van der Waals surface area contributed by atoms with Crippen LogP contribution in [0.15, 0.2) is 53.2 Å². The largest absolute Gasteiger partial charge is 0.482 e. The van der Waals surface area contributed by atoms with Crippen molar-refractivity contribution >= 4 is 17.3 Å². The topological polar surface area (TPSA) is 128 Å². The Labute approximate surface area is 260 Å². The lowest BCUT2D eigenvalue weighted by Gasteiger charge is -2.40. The molecule has 2 aromatic carbocycles. The maximum Gasteiger partial charge on any atom is 0.422 e. The number of aromatic nitrogens is 3. The molecule has 1 atom stereocenters. The molecule has 9 nitrogen and oxygen atoms in total. The molecule has 3 N–H and O–H groups in total. The number of benzene rings is 2. The molecular weight excluding hydrogens is 613 g/mol. The number of carbonyl (C=O) groups is 1. The molecule has 242 valence electrons. The fraction of sp³-hybridized carbons (Fsp3) is 0.375. The van der Waals surface area contributed by atoms with Crippen LogP contribution in [0.4, 0.5) is 33.3 Å². The standard InChI is InChI=1S/C21H21N3O.C11H9F5N2O3/c1-12-23-20(24-25-12)21(2,14-7-8-14)18-10-9-16-15-6-4-3-5-13(15)11-17(16)19(18)22;12-10(13)3-18(4-10)7-2-17-6(9(19)20)1-8(7)21-5-11(14,15)16/h3-6,9-10,14H,7-8,11,22H2,1-2H3;1-2H,3-5H2,(H,19,20)/t21-;/m1./s1. The molecule has 46 heavy (non-hydrogen) atoms. The third kappa shape index (κ3) is 5.95. The number of halogens is 5. The molecule has 0 bridgehead atoms. The maximum atomic E-state index is 12.8. The number of anilines is 2. The van der Waals surface area contributed by atoms with Gasteiger partial charge in [-0.15, -0.1) is 0 Å². The number of carboxylic acids is 1. The first-order valence-corrected chi connectivity index (χ1v) is 14.5. The number of nitrogen functional groups attached to an aromatic ring is 1. The van der Waals surface area contributed by atoms with Crippen LogP contribution >= 0.6 is 0 Å². The van der Waals surface area contributed by atoms with Crippen molar-refractivity contribution in [3.8, 4) is 16.9 Å². The third-order valence-electron chi connectivity index (χ3n) is 8.62. The van der Waals surface area contributed by atoms with Crippen molar-refractivity contribution in [1.82, 2.24) is 15.1 Å². The Morgan fingerprint density at radius 1 is 1.15 bits per heavy atom. The van der Waals surface area contributed by atoms with E-state index >= 15 is 0 Å². The summed E-state index contributed by atoms with van der Waals surface area (Å²) in [6, 6.07) is 13.7. The van der Waals surface area contributed by atoms with Crippen molar-refractivity contribution < 1.29 is 41.1 Å². The number of fused-ring (bicyclic) bond motifs is 3. The molecule has 2 aliphatic carbocycles. The molecule has 2 aromatic heterocycles. The first kappa shape index (κ1) is 31.2. The number of hydrogen-bond acceptors (Lipinski definition) is 8. The van der Waals surface area contributed by atoms with Crippen LogP contribution in [0.3, 0.4) is 0 Å². The van der Waals surface area contributed by atoms with E-state index in [1.165, 1.54) is 35.1 Å². The molecule has 0 radical (unpaired) electrons. The number of hydrogen-bond donors (Lipinski definition) is 2. The summed E-state index contributed by atoms with van der Waals surface area (Å²) >= 11 is 0. The van der Waals surface area contributed by atoms with Crippen LogP contribution in [0.25, 0.3) is 11.1 Å². The zero-order valence-corrected chi connectivity index (χ0v) is 24.9. The lowest BCUT2D eigenvalue weighted by molar-refractivity contribution is -0.153. The van der Waals surface area contributed by atoms with E-state index in [0.717, 1.165) is 40.7 Å². The predicted octanol–water partition coefficient (Wildman–Crippen LogP) is 6.42. The van der Waals surface area contributed by atoms with Gasteiger partial charge in [-0.3, -0.25) is 0 Å². The molecule has 0 unspecified atom stereocenters. The van der Waals surface area contributed by atoms with Crippen molar-refractivity contribution in [3.63, 3.8) is 0 Å². The van der Waals surface area contributed by atoms with E-state index in [1.807, 2.05) is 6.92 Å². The van der Waals surface area contributed by atoms with Crippen LogP contribution in [0.5, 0.6) is 5.75 Å². The third-order valence-corrected chi connectivity index (χ3v) is 8.62. The molecule has 7 rings (SSSR count). The highest BCUT2D eigenvalue weighted by atomic mass is 19.4. The number of carboxylic acid groups (broad SMARTS) is 1. The minimum Gasteiger partial charge on any atom is -0.482 e. The normalized spacial score (nSPS) is 17.6. The number of nitrogens with two attached hydrogens (primary N) is 1. The molecule has 0 amide bonds. The van der Waals surface area contributed by atoms with Gasteiger partial charge in [0.15, 0.2) is 18.1 Å². The zero-order chi connectivity index (χ0) is 33.0. The molecule has 14 heteroatoms. The number of alkyl halides is 5. The monoisotopic (exact) mass is 643 g/mol. The van der Waals surface area contributed by atoms with Gasteiger partial charge in [0.25, 0.3) is 5.92 Å². The SMILES string of the molecule is Cc1nc([C@@](C)(c2ccc3c(c2N)Cc2ccccc2-3)C2CC2)no1.O=C(O)c1cc(OCC(F)(F)F)c(N2CC(F)(F)C2)cn1. The lowest BCUT2D eigenvalue weighted by atomic mass is 9.75. The summed E-state index contributed by atoms with van der Waals surface area (Å²) in [5.74, 6) is -2.97. The number of rotatable bonds is 7. The van der Waals surface area contributed by atoms with E-state index < -0.39 is 49.2 Å². The van der Waals surface area contributed by atoms with Crippen molar-refractivity contribution in [2.75, 3.05) is 30.3 Å². The van der Waals surface area contributed by atoms with Gasteiger partial charge in [0.2, 0.25) is 5.89 Å². The Balaban J connectivity index is 0.000000165. The second-order valence-electron chi connectivity index (χ2n) is 12.0. The lowest BCUT2D eigenvalue weighted by Crippen LogP contribution is -2.56. The fourth-order valence-electron chi connectivity index (χ4n) is 6.12. The van der Waals surface area contributed by atoms with Crippen molar-refractivity contribution in [3.05, 3.63) is 82.8 Å². The molecular formula is C32H30F5N5O4. The maximum absolute atomic E-state index is 12.8. The molecule has 1 saturated heterocycles. The summed E-state index contributed by atoms with van der Waals surface area (Å²) in [6.45, 7) is 1.02. The van der Waals surface area contributed by atoms with Gasteiger partial charge in [-0.2, -0.15) is 18.2 Å². The summed E-state index contributed by atoms with van der Waals surface area (Å²) in [5.41, 5.74) is 13.0. The van der Waals surface area contributed by atoms with E-state index in [2.05, 4.69) is 63.2 Å². The average molecular weight is 644 g/mol. The summed E-state index contributed by atoms with van der Waals surface area (Å²) < 4.78 is 71.9. The first-order chi connectivity index (χ1) is 21.7. The van der Waals surface area contributed by atoms with E-state index in [4.69, 9.17) is 15.4 Å². The van der Waals surface area contributed by atoms with Gasteiger partial charge in [-0.05, 0) is 53.5 Å². The number of aromatic carboxylic acids is 1. The van der Waals surface area contributed by atoms with Crippen LogP contribution in [-0.4, -0.2) is 58.0 Å². The van der Waals surface area contributed by atoms with Gasteiger partial charge < -0.3 is 25.0 Å². The van der Waals surface area contributed by atoms with Crippen molar-refractivity contribution in [2.24, 2.45) is 5.92 Å². The summed E-state index contributed by atoms with van der Waals surface area (Å²) in [6.07, 6.45) is -0.466. The minimum atomic E-state index is -4.64. The summed E-state index contributed by atoms with van der Waals surface area (Å²) in [5, 5.41) is 13.0. The Kier molecular flexibility index (Phi) is 7.64. The zero-order valence-electron chi connectivity index (χ0n) is 24.9. The quantitative estimate of drug-likeness (QED) is 0.153. The number of ether oxygens (including phenoxy) is 1. The Bertz CT molecular complexity index is 1800. The molecule has 0 spiro atoms. The molecule has 1 saturated carbocycles. The van der Waals surface area contributed by atoms with E-state index in [-0.39, 0.29) is 11.1 Å². The summed E-state index contributed by atoms with van der Waals surface area (Å²) in [7, 11) is 0.